The molecule has 0 aromatic heterocycles. The first-order valence-corrected chi connectivity index (χ1v) is 5.19. The van der Waals surface area contributed by atoms with E-state index in [-0.39, 0.29) is 24.2 Å². The molecule has 11 heavy (non-hydrogen) atoms. The average molecular weight is 181 g/mol. The number of nitrogens with two attached hydrogens (primary N) is 1. The fourth-order valence-electron chi connectivity index (χ4n) is 0.754. The molecule has 0 aliphatic heterocycles. The first-order chi connectivity index (χ1) is 4.87. The predicted octanol–water partition coefficient (Wildman–Crippen LogP) is -0.461. The van der Waals surface area contributed by atoms with Crippen molar-refractivity contribution >= 4 is 10.0 Å². The first kappa shape index (κ1) is 10.9. The van der Waals surface area contributed by atoms with Crippen LogP contribution in [-0.2, 0) is 10.0 Å². The van der Waals surface area contributed by atoms with Crippen molar-refractivity contribution in [1.29, 1.82) is 0 Å². The summed E-state index contributed by atoms with van der Waals surface area (Å²) in [4.78, 5) is 0. The third-order valence-corrected chi connectivity index (χ3v) is 2.52. The zero-order valence-corrected chi connectivity index (χ0v) is 7.63. The lowest BCUT2D eigenvalue weighted by Gasteiger charge is -2.15. The van der Waals surface area contributed by atoms with E-state index in [2.05, 4.69) is 0 Å². The summed E-state index contributed by atoms with van der Waals surface area (Å²) in [5, 5.41) is 13.6. The van der Waals surface area contributed by atoms with Gasteiger partial charge in [-0.3, -0.25) is 0 Å². The Morgan fingerprint density at radius 2 is 1.91 bits per heavy atom. The Morgan fingerprint density at radius 1 is 1.45 bits per heavy atom. The highest BCUT2D eigenvalue weighted by molar-refractivity contribution is 7.89. The maximum Gasteiger partial charge on any atom is 0.209 e. The summed E-state index contributed by atoms with van der Waals surface area (Å²) in [7, 11) is -3.44. The first-order valence-electron chi connectivity index (χ1n) is 3.48. The van der Waals surface area contributed by atoms with Crippen LogP contribution in [0.1, 0.15) is 13.8 Å². The van der Waals surface area contributed by atoms with Gasteiger partial charge in [0.1, 0.15) is 0 Å². The highest BCUT2D eigenvalue weighted by Crippen LogP contribution is 2.10. The number of hydrogen-bond donors (Lipinski definition) is 2. The molecule has 1 atom stereocenters. The normalized spacial score (nSPS) is 15.4. The van der Waals surface area contributed by atoms with Crippen LogP contribution in [0.15, 0.2) is 0 Å². The van der Waals surface area contributed by atoms with Crippen molar-refractivity contribution < 1.29 is 13.5 Å². The van der Waals surface area contributed by atoms with E-state index in [0.717, 1.165) is 0 Å². The standard InChI is InChI=1S/C6H15NO3S/c1-5(2)6(3-8)4-11(7,9)10/h5-6,8H,3-4H2,1-2H3,(H2,7,9,10). The molecule has 3 N–H and O–H groups in total. The third kappa shape index (κ3) is 5.17. The minimum Gasteiger partial charge on any atom is -0.396 e. The molecule has 0 heterocycles. The summed E-state index contributed by atoms with van der Waals surface area (Å²) in [6.45, 7) is 3.58. The molecule has 68 valence electrons. The molecule has 0 aromatic carbocycles. The molecule has 0 radical (unpaired) electrons. The molecule has 0 fully saturated rings. The molecular formula is C6H15NO3S. The van der Waals surface area contributed by atoms with E-state index in [1.54, 1.807) is 0 Å². The number of sulfonamides is 1. The van der Waals surface area contributed by atoms with Gasteiger partial charge in [-0.1, -0.05) is 13.8 Å². The molecular weight excluding hydrogens is 166 g/mol. The zero-order chi connectivity index (χ0) is 9.07. The van der Waals surface area contributed by atoms with Gasteiger partial charge in [-0.25, -0.2) is 13.6 Å². The zero-order valence-electron chi connectivity index (χ0n) is 6.82. The van der Waals surface area contributed by atoms with Crippen LogP contribution in [0.2, 0.25) is 0 Å². The van der Waals surface area contributed by atoms with Gasteiger partial charge >= 0.3 is 0 Å². The number of aliphatic hydroxyl groups is 1. The van der Waals surface area contributed by atoms with Crippen molar-refractivity contribution in [2.75, 3.05) is 12.4 Å². The number of primary sulfonamides is 1. The molecule has 0 amide bonds. The van der Waals surface area contributed by atoms with E-state index in [9.17, 15) is 8.42 Å². The molecule has 0 aromatic rings. The summed E-state index contributed by atoms with van der Waals surface area (Å²) >= 11 is 0. The highest BCUT2D eigenvalue weighted by Gasteiger charge is 2.17. The van der Waals surface area contributed by atoms with Gasteiger partial charge in [-0.05, 0) is 11.8 Å². The molecule has 0 saturated heterocycles. The highest BCUT2D eigenvalue weighted by atomic mass is 32.2. The monoisotopic (exact) mass is 181 g/mol. The number of hydrogen-bond acceptors (Lipinski definition) is 3. The Labute approximate surface area is 67.5 Å². The summed E-state index contributed by atoms with van der Waals surface area (Å²) in [6, 6.07) is 0. The molecule has 0 aliphatic rings. The molecule has 0 bridgehead atoms. The molecule has 0 spiro atoms. The largest absolute Gasteiger partial charge is 0.396 e. The number of rotatable bonds is 4. The van der Waals surface area contributed by atoms with Crippen LogP contribution in [0.5, 0.6) is 0 Å². The van der Waals surface area contributed by atoms with Crippen LogP contribution < -0.4 is 5.14 Å². The van der Waals surface area contributed by atoms with Crippen LogP contribution in [-0.4, -0.2) is 25.9 Å². The van der Waals surface area contributed by atoms with Crippen molar-refractivity contribution in [1.82, 2.24) is 0 Å². The van der Waals surface area contributed by atoms with Crippen LogP contribution in [0.4, 0.5) is 0 Å². The second kappa shape index (κ2) is 4.04. The molecule has 0 aliphatic carbocycles. The molecule has 4 nitrogen and oxygen atoms in total. The Kier molecular flexibility index (Phi) is 3.99. The van der Waals surface area contributed by atoms with Gasteiger partial charge in [0.05, 0.1) is 5.75 Å². The van der Waals surface area contributed by atoms with Crippen molar-refractivity contribution in [3.8, 4) is 0 Å². The van der Waals surface area contributed by atoms with Crippen molar-refractivity contribution in [2.24, 2.45) is 17.0 Å². The fraction of sp³-hybridized carbons (Fsp3) is 1.00. The maximum absolute atomic E-state index is 10.6. The van der Waals surface area contributed by atoms with E-state index in [1.807, 2.05) is 13.8 Å². The summed E-state index contributed by atoms with van der Waals surface area (Å²) in [6.07, 6.45) is 0. The lowest BCUT2D eigenvalue weighted by atomic mass is 9.99. The van der Waals surface area contributed by atoms with Crippen molar-refractivity contribution in [2.45, 2.75) is 13.8 Å². The van der Waals surface area contributed by atoms with Gasteiger partial charge < -0.3 is 5.11 Å². The van der Waals surface area contributed by atoms with Gasteiger partial charge in [0.2, 0.25) is 10.0 Å². The quantitative estimate of drug-likeness (QED) is 0.616. The van der Waals surface area contributed by atoms with Crippen molar-refractivity contribution in [3.05, 3.63) is 0 Å². The summed E-state index contributed by atoms with van der Waals surface area (Å²) in [5.41, 5.74) is 0. The smallest absolute Gasteiger partial charge is 0.209 e. The Hall–Kier alpha value is -0.130. The van der Waals surface area contributed by atoms with E-state index in [4.69, 9.17) is 10.2 Å². The van der Waals surface area contributed by atoms with Gasteiger partial charge in [0.15, 0.2) is 0 Å². The molecule has 0 saturated carbocycles. The minimum absolute atomic E-state index is 0.131. The van der Waals surface area contributed by atoms with E-state index >= 15 is 0 Å². The van der Waals surface area contributed by atoms with Gasteiger partial charge in [0.25, 0.3) is 0 Å². The second-order valence-corrected chi connectivity index (χ2v) is 4.68. The minimum atomic E-state index is -3.44. The molecule has 0 rings (SSSR count). The lowest BCUT2D eigenvalue weighted by Crippen LogP contribution is -2.28. The Bertz CT molecular complexity index is 198. The predicted molar refractivity (Wildman–Crippen MR) is 43.4 cm³/mol. The van der Waals surface area contributed by atoms with Crippen LogP contribution in [0, 0.1) is 11.8 Å². The third-order valence-electron chi connectivity index (χ3n) is 1.62. The van der Waals surface area contributed by atoms with Crippen LogP contribution in [0.3, 0.4) is 0 Å². The second-order valence-electron chi connectivity index (χ2n) is 3.02. The topological polar surface area (TPSA) is 80.4 Å². The Morgan fingerprint density at radius 3 is 2.00 bits per heavy atom. The van der Waals surface area contributed by atoms with E-state index < -0.39 is 10.0 Å². The van der Waals surface area contributed by atoms with Gasteiger partial charge in [-0.2, -0.15) is 0 Å². The maximum atomic E-state index is 10.6. The molecule has 5 heteroatoms. The Balaban J connectivity index is 4.10. The SMILES string of the molecule is CC(C)C(CO)CS(N)(=O)=O. The summed E-state index contributed by atoms with van der Waals surface area (Å²) in [5.74, 6) is -0.246. The summed E-state index contributed by atoms with van der Waals surface area (Å²) < 4.78 is 21.1. The van der Waals surface area contributed by atoms with Crippen LogP contribution in [0.25, 0.3) is 0 Å². The van der Waals surface area contributed by atoms with Gasteiger partial charge in [-0.15, -0.1) is 0 Å². The lowest BCUT2D eigenvalue weighted by molar-refractivity contribution is 0.204. The fourth-order valence-corrected chi connectivity index (χ4v) is 1.84. The average Bonchev–Trinajstić information content (AvgIpc) is 1.80. The van der Waals surface area contributed by atoms with Crippen molar-refractivity contribution in [3.63, 3.8) is 0 Å². The number of aliphatic hydroxyl groups excluding tert-OH is 1. The van der Waals surface area contributed by atoms with E-state index in [1.165, 1.54) is 0 Å². The molecule has 1 unspecified atom stereocenters. The van der Waals surface area contributed by atoms with Gasteiger partial charge in [0, 0.05) is 6.61 Å². The van der Waals surface area contributed by atoms with Crippen LogP contribution >= 0.6 is 0 Å². The van der Waals surface area contributed by atoms with E-state index in [0.29, 0.717) is 0 Å².